The van der Waals surface area contributed by atoms with Gasteiger partial charge in [0.25, 0.3) is 0 Å². The zero-order valence-electron chi connectivity index (χ0n) is 9.92. The van der Waals surface area contributed by atoms with E-state index in [9.17, 15) is 0 Å². The number of methoxy groups -OCH3 is 1. The molecule has 0 radical (unpaired) electrons. The summed E-state index contributed by atoms with van der Waals surface area (Å²) in [6.45, 7) is 5.11. The van der Waals surface area contributed by atoms with E-state index in [0.29, 0.717) is 6.04 Å². The van der Waals surface area contributed by atoms with Crippen molar-refractivity contribution in [3.63, 3.8) is 0 Å². The first-order valence-corrected chi connectivity index (χ1v) is 5.65. The Morgan fingerprint density at radius 3 is 2.60 bits per heavy atom. The average Bonchev–Trinajstić information content (AvgIpc) is 2.29. The predicted molar refractivity (Wildman–Crippen MR) is 65.4 cm³/mol. The van der Waals surface area contributed by atoms with E-state index in [2.05, 4.69) is 43.4 Å². The minimum atomic E-state index is 0.405. The molecular formula is C13H21NO. The number of anilines is 1. The number of nitrogens with one attached hydrogen (secondary N) is 1. The first-order valence-electron chi connectivity index (χ1n) is 5.65. The van der Waals surface area contributed by atoms with Crippen molar-refractivity contribution in [2.45, 2.75) is 32.7 Å². The molecule has 84 valence electrons. The second-order valence-corrected chi connectivity index (χ2v) is 3.72. The molecule has 2 nitrogen and oxygen atoms in total. The molecule has 1 rings (SSSR count). The van der Waals surface area contributed by atoms with Crippen molar-refractivity contribution in [2.24, 2.45) is 0 Å². The van der Waals surface area contributed by atoms with Gasteiger partial charge in [0.2, 0.25) is 0 Å². The van der Waals surface area contributed by atoms with Crippen molar-refractivity contribution in [3.8, 4) is 0 Å². The zero-order chi connectivity index (χ0) is 11.1. The molecule has 0 aliphatic rings. The van der Waals surface area contributed by atoms with E-state index in [-0.39, 0.29) is 0 Å². The van der Waals surface area contributed by atoms with Gasteiger partial charge in [-0.05, 0) is 24.5 Å². The van der Waals surface area contributed by atoms with Gasteiger partial charge in [0.05, 0.1) is 6.61 Å². The number of rotatable bonds is 6. The molecule has 1 aromatic carbocycles. The summed E-state index contributed by atoms with van der Waals surface area (Å²) in [5.74, 6) is 0. The van der Waals surface area contributed by atoms with Gasteiger partial charge in [-0.1, -0.05) is 32.0 Å². The summed E-state index contributed by atoms with van der Waals surface area (Å²) in [4.78, 5) is 0. The highest BCUT2D eigenvalue weighted by atomic mass is 16.5. The van der Waals surface area contributed by atoms with E-state index < -0.39 is 0 Å². The molecule has 0 amide bonds. The highest BCUT2D eigenvalue weighted by molar-refractivity contribution is 5.51. The van der Waals surface area contributed by atoms with Crippen LogP contribution in [0.4, 0.5) is 5.69 Å². The first-order chi connectivity index (χ1) is 7.31. The van der Waals surface area contributed by atoms with Crippen LogP contribution in [-0.4, -0.2) is 19.8 Å². The Labute approximate surface area is 92.6 Å². The number of ether oxygens (including phenoxy) is 1. The standard InChI is InChI=1S/C13H21NO/c1-4-11-8-6-7-9-13(11)14-12(5-2)10-15-3/h6-9,12,14H,4-5,10H2,1-3H3. The monoisotopic (exact) mass is 207 g/mol. The lowest BCUT2D eigenvalue weighted by Crippen LogP contribution is -2.24. The van der Waals surface area contributed by atoms with E-state index in [0.717, 1.165) is 19.4 Å². The first kappa shape index (κ1) is 12.1. The molecule has 1 aromatic rings. The summed E-state index contributed by atoms with van der Waals surface area (Å²) in [6.07, 6.45) is 2.14. The summed E-state index contributed by atoms with van der Waals surface area (Å²) in [5.41, 5.74) is 2.61. The van der Waals surface area contributed by atoms with E-state index in [1.54, 1.807) is 7.11 Å². The molecule has 1 N–H and O–H groups in total. The van der Waals surface area contributed by atoms with Crippen LogP contribution in [0.25, 0.3) is 0 Å². The van der Waals surface area contributed by atoms with Crippen molar-refractivity contribution in [1.82, 2.24) is 0 Å². The lowest BCUT2D eigenvalue weighted by molar-refractivity contribution is 0.184. The Morgan fingerprint density at radius 2 is 2.00 bits per heavy atom. The quantitative estimate of drug-likeness (QED) is 0.774. The van der Waals surface area contributed by atoms with Crippen molar-refractivity contribution in [2.75, 3.05) is 19.0 Å². The van der Waals surface area contributed by atoms with Crippen LogP contribution >= 0.6 is 0 Å². The second kappa shape index (κ2) is 6.46. The Bertz CT molecular complexity index is 286. The number of hydrogen-bond acceptors (Lipinski definition) is 2. The number of para-hydroxylation sites is 1. The molecule has 0 spiro atoms. The van der Waals surface area contributed by atoms with Gasteiger partial charge in [-0.2, -0.15) is 0 Å². The normalized spacial score (nSPS) is 12.5. The maximum absolute atomic E-state index is 5.18. The minimum Gasteiger partial charge on any atom is -0.383 e. The van der Waals surface area contributed by atoms with Crippen molar-refractivity contribution < 1.29 is 4.74 Å². The SMILES string of the molecule is CCc1ccccc1NC(CC)COC. The molecule has 2 heteroatoms. The summed E-state index contributed by atoms with van der Waals surface area (Å²) in [5, 5.41) is 3.52. The lowest BCUT2D eigenvalue weighted by Gasteiger charge is -2.19. The number of aryl methyl sites for hydroxylation is 1. The van der Waals surface area contributed by atoms with Crippen molar-refractivity contribution >= 4 is 5.69 Å². The topological polar surface area (TPSA) is 21.3 Å². The third-order valence-electron chi connectivity index (χ3n) is 2.62. The Kier molecular flexibility index (Phi) is 5.19. The maximum atomic E-state index is 5.18. The second-order valence-electron chi connectivity index (χ2n) is 3.72. The van der Waals surface area contributed by atoms with Gasteiger partial charge in [0.1, 0.15) is 0 Å². The van der Waals surface area contributed by atoms with Crippen LogP contribution in [0.1, 0.15) is 25.8 Å². The molecule has 15 heavy (non-hydrogen) atoms. The van der Waals surface area contributed by atoms with Crippen LogP contribution < -0.4 is 5.32 Å². The van der Waals surface area contributed by atoms with Crippen LogP contribution in [0.3, 0.4) is 0 Å². The average molecular weight is 207 g/mol. The fourth-order valence-electron chi connectivity index (χ4n) is 1.65. The summed E-state index contributed by atoms with van der Waals surface area (Å²) < 4.78 is 5.18. The largest absolute Gasteiger partial charge is 0.383 e. The molecule has 0 bridgehead atoms. The highest BCUT2D eigenvalue weighted by Crippen LogP contribution is 2.17. The molecule has 0 saturated carbocycles. The molecule has 0 saturated heterocycles. The molecule has 1 atom stereocenters. The fraction of sp³-hybridized carbons (Fsp3) is 0.538. The van der Waals surface area contributed by atoms with E-state index in [4.69, 9.17) is 4.74 Å². The van der Waals surface area contributed by atoms with Gasteiger partial charge < -0.3 is 10.1 Å². The smallest absolute Gasteiger partial charge is 0.0663 e. The third-order valence-corrected chi connectivity index (χ3v) is 2.62. The fourth-order valence-corrected chi connectivity index (χ4v) is 1.65. The maximum Gasteiger partial charge on any atom is 0.0663 e. The van der Waals surface area contributed by atoms with Crippen LogP contribution in [0, 0.1) is 0 Å². The van der Waals surface area contributed by atoms with E-state index >= 15 is 0 Å². The third kappa shape index (κ3) is 3.56. The zero-order valence-corrected chi connectivity index (χ0v) is 9.92. The Hall–Kier alpha value is -1.02. The molecule has 0 fully saturated rings. The molecule has 1 unspecified atom stereocenters. The predicted octanol–water partition coefficient (Wildman–Crippen LogP) is 3.09. The Balaban J connectivity index is 2.69. The van der Waals surface area contributed by atoms with E-state index in [1.165, 1.54) is 11.3 Å². The molecule has 0 heterocycles. The van der Waals surface area contributed by atoms with Crippen molar-refractivity contribution in [3.05, 3.63) is 29.8 Å². The lowest BCUT2D eigenvalue weighted by atomic mass is 10.1. The summed E-state index contributed by atoms with van der Waals surface area (Å²) in [7, 11) is 1.75. The molecule has 0 aromatic heterocycles. The molecule has 0 aliphatic carbocycles. The van der Waals surface area contributed by atoms with Crippen LogP contribution in [0.5, 0.6) is 0 Å². The molecular weight excluding hydrogens is 186 g/mol. The van der Waals surface area contributed by atoms with Crippen LogP contribution in [0.15, 0.2) is 24.3 Å². The van der Waals surface area contributed by atoms with Gasteiger partial charge in [-0.15, -0.1) is 0 Å². The summed E-state index contributed by atoms with van der Waals surface area (Å²) in [6, 6.07) is 8.86. The minimum absolute atomic E-state index is 0.405. The van der Waals surface area contributed by atoms with Gasteiger partial charge >= 0.3 is 0 Å². The number of hydrogen-bond donors (Lipinski definition) is 1. The molecule has 0 aliphatic heterocycles. The summed E-state index contributed by atoms with van der Waals surface area (Å²) >= 11 is 0. The number of benzene rings is 1. The Morgan fingerprint density at radius 1 is 1.27 bits per heavy atom. The van der Waals surface area contributed by atoms with Gasteiger partial charge in [-0.3, -0.25) is 0 Å². The highest BCUT2D eigenvalue weighted by Gasteiger charge is 2.07. The van der Waals surface area contributed by atoms with Crippen LogP contribution in [-0.2, 0) is 11.2 Å². The van der Waals surface area contributed by atoms with Gasteiger partial charge in [0, 0.05) is 18.8 Å². The van der Waals surface area contributed by atoms with Gasteiger partial charge in [-0.25, -0.2) is 0 Å². The van der Waals surface area contributed by atoms with Crippen molar-refractivity contribution in [1.29, 1.82) is 0 Å². The van der Waals surface area contributed by atoms with Crippen LogP contribution in [0.2, 0.25) is 0 Å². The van der Waals surface area contributed by atoms with E-state index in [1.807, 2.05) is 0 Å². The van der Waals surface area contributed by atoms with Gasteiger partial charge in [0.15, 0.2) is 0 Å².